The molecule has 1 aliphatic rings. The molecule has 5 nitrogen and oxygen atoms in total. The van der Waals surface area contributed by atoms with Gasteiger partial charge >= 0.3 is 0 Å². The average molecular weight is 338 g/mol. The summed E-state index contributed by atoms with van der Waals surface area (Å²) in [6.45, 7) is 9.53. The van der Waals surface area contributed by atoms with Gasteiger partial charge in [-0.2, -0.15) is 0 Å². The van der Waals surface area contributed by atoms with Gasteiger partial charge in [0.1, 0.15) is 5.82 Å². The summed E-state index contributed by atoms with van der Waals surface area (Å²) in [5, 5.41) is 3.08. The van der Waals surface area contributed by atoms with Gasteiger partial charge in [-0.15, -0.1) is 0 Å². The molecule has 1 N–H and O–H groups in total. The van der Waals surface area contributed by atoms with Crippen molar-refractivity contribution < 1.29 is 4.79 Å². The molecule has 1 aliphatic heterocycles. The van der Waals surface area contributed by atoms with Crippen LogP contribution in [0.25, 0.3) is 0 Å². The first-order valence-corrected chi connectivity index (χ1v) is 8.83. The van der Waals surface area contributed by atoms with E-state index in [1.807, 2.05) is 57.3 Å². The maximum Gasteiger partial charge on any atom is 0.241 e. The lowest BCUT2D eigenvalue weighted by atomic mass is 10.1. The summed E-state index contributed by atoms with van der Waals surface area (Å²) in [5.74, 6) is 1.06. The lowest BCUT2D eigenvalue weighted by Crippen LogP contribution is -2.53. The molecule has 25 heavy (non-hydrogen) atoms. The first kappa shape index (κ1) is 17.4. The summed E-state index contributed by atoms with van der Waals surface area (Å²) in [7, 11) is 0. The number of aryl methyl sites for hydroxylation is 2. The fourth-order valence-corrected chi connectivity index (χ4v) is 3.15. The topological polar surface area (TPSA) is 48.5 Å². The lowest BCUT2D eigenvalue weighted by Gasteiger charge is -2.38. The van der Waals surface area contributed by atoms with Gasteiger partial charge < -0.3 is 10.2 Å². The van der Waals surface area contributed by atoms with Crippen molar-refractivity contribution in [3.63, 3.8) is 0 Å². The van der Waals surface area contributed by atoms with Crippen molar-refractivity contribution in [2.75, 3.05) is 36.4 Å². The Morgan fingerprint density at radius 3 is 2.56 bits per heavy atom. The molecule has 0 radical (unpaired) electrons. The third kappa shape index (κ3) is 4.17. The number of hydrogen-bond acceptors (Lipinski definition) is 4. The predicted octanol–water partition coefficient (Wildman–Crippen LogP) is 2.85. The van der Waals surface area contributed by atoms with E-state index in [1.165, 1.54) is 0 Å². The van der Waals surface area contributed by atoms with Crippen molar-refractivity contribution in [3.8, 4) is 0 Å². The van der Waals surface area contributed by atoms with Crippen LogP contribution in [0, 0.1) is 13.8 Å². The number of aromatic nitrogens is 1. The largest absolute Gasteiger partial charge is 0.354 e. The zero-order chi connectivity index (χ0) is 17.8. The zero-order valence-electron chi connectivity index (χ0n) is 15.2. The number of carbonyl (C=O) groups excluding carboxylic acids is 1. The number of pyridine rings is 1. The monoisotopic (exact) mass is 338 g/mol. The van der Waals surface area contributed by atoms with E-state index < -0.39 is 0 Å². The summed E-state index contributed by atoms with van der Waals surface area (Å²) in [5.41, 5.74) is 3.15. The molecule has 0 aliphatic carbocycles. The number of nitrogens with one attached hydrogen (secondary N) is 1. The molecule has 1 saturated heterocycles. The minimum absolute atomic E-state index is 0.0555. The summed E-state index contributed by atoms with van der Waals surface area (Å²) in [4.78, 5) is 21.6. The number of hydrogen-bond donors (Lipinski definition) is 1. The summed E-state index contributed by atoms with van der Waals surface area (Å²) in [6, 6.07) is 12.0. The number of nitrogens with zero attached hydrogens (tertiary/aromatic N) is 3. The number of rotatable bonds is 4. The summed E-state index contributed by atoms with van der Waals surface area (Å²) >= 11 is 0. The minimum Gasteiger partial charge on any atom is -0.354 e. The van der Waals surface area contributed by atoms with Gasteiger partial charge in [-0.25, -0.2) is 4.98 Å². The second-order valence-electron chi connectivity index (χ2n) is 6.69. The number of carbonyl (C=O) groups is 1. The van der Waals surface area contributed by atoms with Crippen molar-refractivity contribution in [1.82, 2.24) is 9.88 Å². The van der Waals surface area contributed by atoms with Crippen LogP contribution in [0.5, 0.6) is 0 Å². The van der Waals surface area contributed by atoms with Crippen LogP contribution in [0.15, 0.2) is 42.6 Å². The van der Waals surface area contributed by atoms with Crippen LogP contribution in [-0.2, 0) is 4.79 Å². The van der Waals surface area contributed by atoms with Crippen LogP contribution in [0.2, 0.25) is 0 Å². The zero-order valence-corrected chi connectivity index (χ0v) is 15.2. The van der Waals surface area contributed by atoms with Gasteiger partial charge in [-0.1, -0.05) is 18.2 Å². The van der Waals surface area contributed by atoms with E-state index in [0.29, 0.717) is 0 Å². The van der Waals surface area contributed by atoms with E-state index >= 15 is 0 Å². The van der Waals surface area contributed by atoms with Gasteiger partial charge in [-0.3, -0.25) is 9.69 Å². The molecular formula is C20H26N4O. The average Bonchev–Trinajstić information content (AvgIpc) is 2.65. The Bertz CT molecular complexity index is 724. The summed E-state index contributed by atoms with van der Waals surface area (Å²) < 4.78 is 0. The molecule has 2 heterocycles. The van der Waals surface area contributed by atoms with E-state index in [2.05, 4.69) is 26.2 Å². The Kier molecular flexibility index (Phi) is 5.34. The standard InChI is InChI=1S/C20H26N4O/c1-15-7-8-16(2)18(14-15)22-20(25)17(3)23-10-12-24(13-11-23)19-6-4-5-9-21-19/h4-9,14,17H,10-13H2,1-3H3,(H,22,25)/t17-/m1/s1. The molecule has 1 aromatic carbocycles. The second kappa shape index (κ2) is 7.66. The highest BCUT2D eigenvalue weighted by Crippen LogP contribution is 2.18. The molecule has 0 saturated carbocycles. The van der Waals surface area contributed by atoms with E-state index in [4.69, 9.17) is 0 Å². The third-order valence-corrected chi connectivity index (χ3v) is 4.87. The van der Waals surface area contributed by atoms with E-state index in [-0.39, 0.29) is 11.9 Å². The Labute approximate surface area is 149 Å². The quantitative estimate of drug-likeness (QED) is 0.931. The molecule has 5 heteroatoms. The molecule has 0 spiro atoms. The van der Waals surface area contributed by atoms with Crippen molar-refractivity contribution in [3.05, 3.63) is 53.7 Å². The van der Waals surface area contributed by atoms with Gasteiger partial charge in [0.05, 0.1) is 6.04 Å². The highest BCUT2D eigenvalue weighted by molar-refractivity contribution is 5.95. The molecule has 2 aromatic rings. The van der Waals surface area contributed by atoms with Crippen LogP contribution in [0.1, 0.15) is 18.1 Å². The highest BCUT2D eigenvalue weighted by Gasteiger charge is 2.26. The second-order valence-corrected chi connectivity index (χ2v) is 6.69. The van der Waals surface area contributed by atoms with Gasteiger partial charge in [0.15, 0.2) is 0 Å². The van der Waals surface area contributed by atoms with Crippen molar-refractivity contribution >= 4 is 17.4 Å². The number of benzene rings is 1. The van der Waals surface area contributed by atoms with Gasteiger partial charge in [0, 0.05) is 38.1 Å². The number of amides is 1. The smallest absolute Gasteiger partial charge is 0.241 e. The normalized spacial score (nSPS) is 16.5. The molecule has 1 amide bonds. The lowest BCUT2D eigenvalue weighted by molar-refractivity contribution is -0.120. The highest BCUT2D eigenvalue weighted by atomic mass is 16.2. The number of piperazine rings is 1. The van der Waals surface area contributed by atoms with Crippen molar-refractivity contribution in [1.29, 1.82) is 0 Å². The predicted molar refractivity (Wildman–Crippen MR) is 102 cm³/mol. The fraction of sp³-hybridized carbons (Fsp3) is 0.400. The summed E-state index contributed by atoms with van der Waals surface area (Å²) in [6.07, 6.45) is 1.82. The van der Waals surface area contributed by atoms with Gasteiger partial charge in [-0.05, 0) is 50.1 Å². The third-order valence-electron chi connectivity index (χ3n) is 4.87. The van der Waals surface area contributed by atoms with Crippen LogP contribution in [0.4, 0.5) is 11.5 Å². The molecule has 0 unspecified atom stereocenters. The fourth-order valence-electron chi connectivity index (χ4n) is 3.15. The molecule has 1 fully saturated rings. The maximum absolute atomic E-state index is 12.6. The maximum atomic E-state index is 12.6. The van der Waals surface area contributed by atoms with Crippen LogP contribution in [-0.4, -0.2) is 48.0 Å². The van der Waals surface area contributed by atoms with Crippen molar-refractivity contribution in [2.24, 2.45) is 0 Å². The Hall–Kier alpha value is -2.40. The Balaban J connectivity index is 1.57. The van der Waals surface area contributed by atoms with E-state index in [1.54, 1.807) is 0 Å². The molecule has 0 bridgehead atoms. The molecule has 132 valence electrons. The molecule has 1 aromatic heterocycles. The van der Waals surface area contributed by atoms with Gasteiger partial charge in [0.25, 0.3) is 0 Å². The number of anilines is 2. The first-order valence-electron chi connectivity index (χ1n) is 8.83. The van der Waals surface area contributed by atoms with Crippen LogP contribution in [0.3, 0.4) is 0 Å². The van der Waals surface area contributed by atoms with E-state index in [0.717, 1.165) is 48.8 Å². The molecule has 1 atom stereocenters. The first-order chi connectivity index (χ1) is 12.0. The molecular weight excluding hydrogens is 312 g/mol. The Morgan fingerprint density at radius 1 is 1.12 bits per heavy atom. The van der Waals surface area contributed by atoms with Gasteiger partial charge in [0.2, 0.25) is 5.91 Å². The van der Waals surface area contributed by atoms with Crippen LogP contribution >= 0.6 is 0 Å². The SMILES string of the molecule is Cc1ccc(C)c(NC(=O)[C@@H](C)N2CCN(c3ccccn3)CC2)c1. The Morgan fingerprint density at radius 2 is 1.88 bits per heavy atom. The van der Waals surface area contributed by atoms with Crippen molar-refractivity contribution in [2.45, 2.75) is 26.8 Å². The van der Waals surface area contributed by atoms with E-state index in [9.17, 15) is 4.79 Å². The molecule has 3 rings (SSSR count). The van der Waals surface area contributed by atoms with Crippen LogP contribution < -0.4 is 10.2 Å². The minimum atomic E-state index is -0.147.